The Morgan fingerprint density at radius 1 is 1.23 bits per heavy atom. The van der Waals surface area contributed by atoms with Gasteiger partial charge in [0, 0.05) is 10.0 Å². The van der Waals surface area contributed by atoms with Crippen molar-refractivity contribution < 1.29 is 24.1 Å². The molecule has 0 saturated carbocycles. The van der Waals surface area contributed by atoms with Gasteiger partial charge in [0.25, 0.3) is 5.91 Å². The number of benzene rings is 2. The number of phenolic OH excluding ortho intramolecular Hbond substituents is 1. The van der Waals surface area contributed by atoms with Gasteiger partial charge in [0.1, 0.15) is 5.75 Å². The third-order valence-corrected chi connectivity index (χ3v) is 4.29. The van der Waals surface area contributed by atoms with Crippen LogP contribution in [0.15, 0.2) is 39.9 Å². The zero-order valence-corrected chi connectivity index (χ0v) is 16.2. The number of amides is 1. The van der Waals surface area contributed by atoms with Crippen molar-refractivity contribution in [3.63, 3.8) is 0 Å². The molecule has 8 heteroatoms. The lowest BCUT2D eigenvalue weighted by Gasteiger charge is -2.09. The summed E-state index contributed by atoms with van der Waals surface area (Å²) in [6.07, 6.45) is 1.41. The molecule has 0 bridgehead atoms. The Labute approximate surface area is 159 Å². The maximum absolute atomic E-state index is 11.8. The average molecular weight is 423 g/mol. The number of rotatable bonds is 7. The molecule has 2 rings (SSSR count). The number of phenols is 1. The molecule has 0 spiro atoms. The van der Waals surface area contributed by atoms with Crippen LogP contribution in [0.4, 0.5) is 0 Å². The Bertz CT molecular complexity index is 798. The molecule has 0 unspecified atom stereocenters. The van der Waals surface area contributed by atoms with Gasteiger partial charge in [-0.3, -0.25) is 4.79 Å². The maximum Gasteiger partial charge on any atom is 0.277 e. The predicted molar refractivity (Wildman–Crippen MR) is 101 cm³/mol. The topological polar surface area (TPSA) is 89.4 Å². The van der Waals surface area contributed by atoms with Gasteiger partial charge < -0.3 is 19.3 Å². The van der Waals surface area contributed by atoms with Crippen molar-refractivity contribution in [1.82, 2.24) is 5.43 Å². The van der Waals surface area contributed by atoms with Gasteiger partial charge in [0.15, 0.2) is 18.1 Å². The first kappa shape index (κ1) is 19.6. The fourth-order valence-corrected chi connectivity index (χ4v) is 2.30. The molecule has 0 aliphatic carbocycles. The number of hydrogen-bond donors (Lipinski definition) is 2. The lowest BCUT2D eigenvalue weighted by atomic mass is 10.2. The predicted octanol–water partition coefficient (Wildman–Crippen LogP) is 3.01. The summed E-state index contributed by atoms with van der Waals surface area (Å²) in [5, 5.41) is 13.7. The first-order chi connectivity index (χ1) is 12.4. The van der Waals surface area contributed by atoms with Crippen molar-refractivity contribution >= 4 is 28.1 Å². The molecule has 26 heavy (non-hydrogen) atoms. The van der Waals surface area contributed by atoms with Crippen LogP contribution in [0.2, 0.25) is 0 Å². The van der Waals surface area contributed by atoms with E-state index in [2.05, 4.69) is 26.5 Å². The Morgan fingerprint density at radius 2 is 1.88 bits per heavy atom. The highest BCUT2D eigenvalue weighted by Crippen LogP contribution is 2.36. The van der Waals surface area contributed by atoms with Gasteiger partial charge in [-0.05, 0) is 42.8 Å². The van der Waals surface area contributed by atoms with E-state index in [4.69, 9.17) is 14.2 Å². The van der Waals surface area contributed by atoms with E-state index in [0.717, 1.165) is 10.0 Å². The highest BCUT2D eigenvalue weighted by molar-refractivity contribution is 9.10. The zero-order chi connectivity index (χ0) is 19.1. The summed E-state index contributed by atoms with van der Waals surface area (Å²) in [5.74, 6) is 0.573. The molecule has 0 heterocycles. The van der Waals surface area contributed by atoms with Crippen molar-refractivity contribution in [2.75, 3.05) is 20.8 Å². The summed E-state index contributed by atoms with van der Waals surface area (Å²) in [5.41, 5.74) is 3.96. The third kappa shape index (κ3) is 5.13. The number of nitrogens with zero attached hydrogens (tertiary/aromatic N) is 1. The molecule has 1 amide bonds. The molecular weight excluding hydrogens is 404 g/mol. The molecule has 0 atom stereocenters. The highest BCUT2D eigenvalue weighted by Gasteiger charge is 2.10. The van der Waals surface area contributed by atoms with E-state index in [1.807, 2.05) is 19.1 Å². The van der Waals surface area contributed by atoms with Crippen LogP contribution in [-0.4, -0.2) is 38.1 Å². The van der Waals surface area contributed by atoms with E-state index in [1.54, 1.807) is 18.2 Å². The van der Waals surface area contributed by atoms with E-state index >= 15 is 0 Å². The molecule has 0 aromatic heterocycles. The summed E-state index contributed by atoms with van der Waals surface area (Å²) in [6.45, 7) is 1.77. The average Bonchev–Trinajstić information content (AvgIpc) is 2.63. The standard InChI is InChI=1S/C18H19BrN2O5/c1-11-6-13(4-5-14(11)19)26-10-17(22)21-20-9-12-7-15(24-2)18(23)16(8-12)25-3/h4-9,23H,10H2,1-3H3,(H,21,22)/b20-9+. The van der Waals surface area contributed by atoms with Crippen molar-refractivity contribution in [2.45, 2.75) is 6.92 Å². The fourth-order valence-electron chi connectivity index (χ4n) is 2.06. The molecular formula is C18H19BrN2O5. The number of halogens is 1. The number of hydrogen-bond acceptors (Lipinski definition) is 6. The third-order valence-electron chi connectivity index (χ3n) is 3.40. The second-order valence-corrected chi connectivity index (χ2v) is 6.12. The number of aromatic hydroxyl groups is 1. The van der Waals surface area contributed by atoms with Gasteiger partial charge in [0.05, 0.1) is 20.4 Å². The molecule has 0 aliphatic rings. The minimum absolute atomic E-state index is 0.102. The van der Waals surface area contributed by atoms with Crippen LogP contribution in [0.1, 0.15) is 11.1 Å². The number of carbonyl (C=O) groups excluding carboxylic acids is 1. The number of aryl methyl sites for hydroxylation is 1. The van der Waals surface area contributed by atoms with Crippen LogP contribution < -0.4 is 19.6 Å². The van der Waals surface area contributed by atoms with Gasteiger partial charge in [-0.15, -0.1) is 0 Å². The van der Waals surface area contributed by atoms with Gasteiger partial charge >= 0.3 is 0 Å². The van der Waals surface area contributed by atoms with E-state index < -0.39 is 5.91 Å². The molecule has 0 fully saturated rings. The van der Waals surface area contributed by atoms with Crippen molar-refractivity contribution in [1.29, 1.82) is 0 Å². The Kier molecular flexibility index (Phi) is 6.85. The maximum atomic E-state index is 11.8. The number of hydrazone groups is 1. The highest BCUT2D eigenvalue weighted by atomic mass is 79.9. The van der Waals surface area contributed by atoms with Crippen LogP contribution in [0.25, 0.3) is 0 Å². The normalized spacial score (nSPS) is 10.6. The fraction of sp³-hybridized carbons (Fsp3) is 0.222. The van der Waals surface area contributed by atoms with Crippen LogP contribution in [0, 0.1) is 6.92 Å². The molecule has 7 nitrogen and oxygen atoms in total. The Hall–Kier alpha value is -2.74. The summed E-state index contributed by atoms with van der Waals surface area (Å²) in [4.78, 5) is 11.8. The van der Waals surface area contributed by atoms with Gasteiger partial charge in [-0.1, -0.05) is 15.9 Å². The first-order valence-corrected chi connectivity index (χ1v) is 8.39. The minimum atomic E-state index is -0.403. The van der Waals surface area contributed by atoms with E-state index in [-0.39, 0.29) is 23.9 Å². The van der Waals surface area contributed by atoms with Crippen LogP contribution in [0.5, 0.6) is 23.0 Å². The lowest BCUT2D eigenvalue weighted by Crippen LogP contribution is -2.24. The van der Waals surface area contributed by atoms with Gasteiger partial charge in [-0.25, -0.2) is 5.43 Å². The SMILES string of the molecule is COc1cc(/C=N/NC(=O)COc2ccc(Br)c(C)c2)cc(OC)c1O. The first-order valence-electron chi connectivity index (χ1n) is 7.60. The molecule has 0 aliphatic heterocycles. The Balaban J connectivity index is 1.93. The van der Waals surface area contributed by atoms with Crippen molar-refractivity contribution in [3.8, 4) is 23.0 Å². The van der Waals surface area contributed by atoms with Gasteiger partial charge in [-0.2, -0.15) is 5.10 Å². The summed E-state index contributed by atoms with van der Waals surface area (Å²) >= 11 is 3.40. The van der Waals surface area contributed by atoms with E-state index in [0.29, 0.717) is 11.3 Å². The van der Waals surface area contributed by atoms with E-state index in [1.165, 1.54) is 20.4 Å². The van der Waals surface area contributed by atoms with Crippen LogP contribution in [0.3, 0.4) is 0 Å². The molecule has 0 radical (unpaired) electrons. The number of carbonyl (C=O) groups is 1. The molecule has 138 valence electrons. The summed E-state index contributed by atoms with van der Waals surface area (Å²) in [6, 6.07) is 8.58. The lowest BCUT2D eigenvalue weighted by molar-refractivity contribution is -0.123. The van der Waals surface area contributed by atoms with Crippen molar-refractivity contribution in [3.05, 3.63) is 45.9 Å². The molecule has 2 aromatic carbocycles. The zero-order valence-electron chi connectivity index (χ0n) is 14.6. The largest absolute Gasteiger partial charge is 0.502 e. The molecule has 2 N–H and O–H groups in total. The summed E-state index contributed by atoms with van der Waals surface area (Å²) in [7, 11) is 2.86. The van der Waals surface area contributed by atoms with E-state index in [9.17, 15) is 9.90 Å². The summed E-state index contributed by atoms with van der Waals surface area (Å²) < 4.78 is 16.5. The molecule has 2 aromatic rings. The number of nitrogens with one attached hydrogen (secondary N) is 1. The Morgan fingerprint density at radius 3 is 2.46 bits per heavy atom. The second kappa shape index (κ2) is 9.10. The molecule has 0 saturated heterocycles. The van der Waals surface area contributed by atoms with Gasteiger partial charge in [0.2, 0.25) is 5.75 Å². The van der Waals surface area contributed by atoms with Crippen LogP contribution in [-0.2, 0) is 4.79 Å². The van der Waals surface area contributed by atoms with Crippen molar-refractivity contribution in [2.24, 2.45) is 5.10 Å². The number of ether oxygens (including phenoxy) is 3. The smallest absolute Gasteiger partial charge is 0.277 e. The number of methoxy groups -OCH3 is 2. The monoisotopic (exact) mass is 422 g/mol. The quantitative estimate of drug-likeness (QED) is 0.528. The minimum Gasteiger partial charge on any atom is -0.502 e. The second-order valence-electron chi connectivity index (χ2n) is 5.27. The van der Waals surface area contributed by atoms with Crippen LogP contribution >= 0.6 is 15.9 Å².